The van der Waals surface area contributed by atoms with Gasteiger partial charge in [-0.2, -0.15) is 0 Å². The van der Waals surface area contributed by atoms with E-state index in [1.807, 2.05) is 11.8 Å². The van der Waals surface area contributed by atoms with Crippen LogP contribution in [0.4, 0.5) is 4.79 Å². The number of thiocarbonyl (C=S) groups is 1. The van der Waals surface area contributed by atoms with E-state index >= 15 is 0 Å². The Morgan fingerprint density at radius 3 is 2.46 bits per heavy atom. The predicted molar refractivity (Wildman–Crippen MR) is 111 cm³/mol. The summed E-state index contributed by atoms with van der Waals surface area (Å²) in [5.41, 5.74) is 0. The SMILES string of the molecule is CCOC(=S)N(C1CCCCC1)[C@H]1NC(=O)[C@@H]1CCOC(=O)OCC(Cl)(Cl)Cl. The Bertz CT molecular complexity index is 569. The third-order valence-corrected chi connectivity index (χ3v) is 5.41. The Morgan fingerprint density at radius 2 is 1.89 bits per heavy atom. The number of β-lactam (4-membered cyclic amide) rings is 1. The van der Waals surface area contributed by atoms with E-state index in [0.29, 0.717) is 18.2 Å². The maximum atomic E-state index is 12.1. The quantitative estimate of drug-likeness (QED) is 0.259. The highest BCUT2D eigenvalue weighted by atomic mass is 35.6. The summed E-state index contributed by atoms with van der Waals surface area (Å²) in [5.74, 6) is -0.468. The molecule has 0 aromatic carbocycles. The molecule has 160 valence electrons. The summed E-state index contributed by atoms with van der Waals surface area (Å²) >= 11 is 22.0. The van der Waals surface area contributed by atoms with Gasteiger partial charge in [0, 0.05) is 6.04 Å². The van der Waals surface area contributed by atoms with Crippen LogP contribution in [0.25, 0.3) is 0 Å². The minimum atomic E-state index is -1.70. The zero-order chi connectivity index (χ0) is 20.7. The van der Waals surface area contributed by atoms with Crippen molar-refractivity contribution >= 4 is 64.3 Å². The number of nitrogens with zero attached hydrogens (tertiary/aromatic N) is 1. The minimum absolute atomic E-state index is 0.00712. The zero-order valence-electron chi connectivity index (χ0n) is 15.6. The van der Waals surface area contributed by atoms with Crippen LogP contribution in [0.1, 0.15) is 45.4 Å². The first-order chi connectivity index (χ1) is 13.2. The lowest BCUT2D eigenvalue weighted by molar-refractivity contribution is -0.142. The largest absolute Gasteiger partial charge is 0.508 e. The molecule has 2 fully saturated rings. The van der Waals surface area contributed by atoms with Crippen LogP contribution in [0.3, 0.4) is 0 Å². The van der Waals surface area contributed by atoms with Crippen molar-refractivity contribution in [1.82, 2.24) is 10.2 Å². The van der Waals surface area contributed by atoms with Gasteiger partial charge >= 0.3 is 6.16 Å². The summed E-state index contributed by atoms with van der Waals surface area (Å²) < 4.78 is 13.5. The molecule has 0 bridgehead atoms. The molecule has 1 aliphatic heterocycles. The maximum absolute atomic E-state index is 12.1. The normalized spacial score (nSPS) is 22.6. The van der Waals surface area contributed by atoms with Gasteiger partial charge in [-0.15, -0.1) is 0 Å². The zero-order valence-corrected chi connectivity index (χ0v) is 18.7. The number of halogens is 3. The van der Waals surface area contributed by atoms with Crippen LogP contribution in [-0.2, 0) is 19.0 Å². The van der Waals surface area contributed by atoms with E-state index in [1.165, 1.54) is 6.42 Å². The van der Waals surface area contributed by atoms with Crippen molar-refractivity contribution in [1.29, 1.82) is 0 Å². The number of carbonyl (C=O) groups is 2. The lowest BCUT2D eigenvalue weighted by Gasteiger charge is -2.48. The van der Waals surface area contributed by atoms with Crippen LogP contribution < -0.4 is 5.32 Å². The molecule has 1 saturated heterocycles. The summed E-state index contributed by atoms with van der Waals surface area (Å²) in [5, 5.41) is 3.30. The summed E-state index contributed by atoms with van der Waals surface area (Å²) in [6, 6.07) is 0.232. The fourth-order valence-corrected chi connectivity index (χ4v) is 4.00. The Kier molecular flexibility index (Phi) is 9.18. The molecule has 0 radical (unpaired) electrons. The van der Waals surface area contributed by atoms with Gasteiger partial charge in [0.1, 0.15) is 12.8 Å². The molecule has 1 heterocycles. The Balaban J connectivity index is 1.89. The monoisotopic (exact) mass is 474 g/mol. The van der Waals surface area contributed by atoms with E-state index in [4.69, 9.17) is 61.2 Å². The van der Waals surface area contributed by atoms with Crippen LogP contribution in [0.15, 0.2) is 0 Å². The number of amides is 1. The molecule has 0 unspecified atom stereocenters. The van der Waals surface area contributed by atoms with Gasteiger partial charge in [-0.25, -0.2) is 4.79 Å². The Morgan fingerprint density at radius 1 is 1.21 bits per heavy atom. The van der Waals surface area contributed by atoms with Crippen LogP contribution in [0, 0.1) is 5.92 Å². The van der Waals surface area contributed by atoms with E-state index in [2.05, 4.69) is 5.32 Å². The molecule has 2 atom stereocenters. The van der Waals surface area contributed by atoms with Gasteiger partial charge in [-0.1, -0.05) is 54.1 Å². The van der Waals surface area contributed by atoms with Gasteiger partial charge in [0.05, 0.1) is 19.1 Å². The van der Waals surface area contributed by atoms with Crippen molar-refractivity contribution in [3.8, 4) is 0 Å². The number of nitrogens with one attached hydrogen (secondary N) is 1. The third kappa shape index (κ3) is 6.97. The number of hydrogen-bond donors (Lipinski definition) is 1. The van der Waals surface area contributed by atoms with E-state index in [-0.39, 0.29) is 30.6 Å². The standard InChI is InChI=1S/C17H25Cl3N2O5S/c1-2-25-15(28)22(11-6-4-3-5-7-11)13-12(14(23)21-13)8-9-26-16(24)27-10-17(18,19)20/h11-13H,2-10H2,1H3,(H,21,23)/t12-,13-/m1/s1. The Hall–Kier alpha value is -0.700. The molecule has 1 aliphatic carbocycles. The second-order valence-electron chi connectivity index (χ2n) is 6.75. The van der Waals surface area contributed by atoms with Crippen molar-refractivity contribution in [2.45, 2.75) is 61.4 Å². The van der Waals surface area contributed by atoms with Crippen LogP contribution in [-0.4, -0.2) is 58.0 Å². The molecule has 0 spiro atoms. The number of alkyl halides is 3. The number of carbonyl (C=O) groups excluding carboxylic acids is 2. The molecule has 2 rings (SSSR count). The molecule has 2 aliphatic rings. The summed E-state index contributed by atoms with van der Waals surface area (Å²) in [6.07, 6.45) is 4.58. The highest BCUT2D eigenvalue weighted by molar-refractivity contribution is 7.80. The number of hydrogen-bond acceptors (Lipinski definition) is 6. The van der Waals surface area contributed by atoms with Gasteiger partial charge in [0.2, 0.25) is 9.70 Å². The average Bonchev–Trinajstić information content (AvgIpc) is 2.63. The van der Waals surface area contributed by atoms with Crippen molar-refractivity contribution in [3.63, 3.8) is 0 Å². The molecule has 1 amide bonds. The molecule has 7 nitrogen and oxygen atoms in total. The highest BCUT2D eigenvalue weighted by Crippen LogP contribution is 2.31. The maximum Gasteiger partial charge on any atom is 0.508 e. The molecule has 11 heteroatoms. The van der Waals surface area contributed by atoms with Crippen LogP contribution in [0.5, 0.6) is 0 Å². The third-order valence-electron chi connectivity index (χ3n) is 4.76. The summed E-state index contributed by atoms with van der Waals surface area (Å²) in [6.45, 7) is 1.93. The predicted octanol–water partition coefficient (Wildman–Crippen LogP) is 3.93. The molecular formula is C17H25Cl3N2O5S. The highest BCUT2D eigenvalue weighted by Gasteiger charge is 2.46. The smallest absolute Gasteiger partial charge is 0.471 e. The van der Waals surface area contributed by atoms with Gasteiger partial charge in [-0.3, -0.25) is 4.79 Å². The van der Waals surface area contributed by atoms with Gasteiger partial charge in [0.25, 0.3) is 5.17 Å². The number of rotatable bonds is 7. The second kappa shape index (κ2) is 10.9. The molecule has 28 heavy (non-hydrogen) atoms. The molecule has 0 aromatic heterocycles. The fourth-order valence-electron chi connectivity index (χ4n) is 3.45. The summed E-state index contributed by atoms with van der Waals surface area (Å²) in [7, 11) is 0. The first kappa shape index (κ1) is 23.6. The molecule has 1 N–H and O–H groups in total. The molecular weight excluding hydrogens is 451 g/mol. The minimum Gasteiger partial charge on any atom is -0.471 e. The van der Waals surface area contributed by atoms with E-state index in [0.717, 1.165) is 25.7 Å². The van der Waals surface area contributed by atoms with Gasteiger partial charge in [-0.05, 0) is 38.4 Å². The lowest BCUT2D eigenvalue weighted by Crippen LogP contribution is -2.69. The van der Waals surface area contributed by atoms with E-state index in [1.54, 1.807) is 0 Å². The molecule has 0 aromatic rings. The van der Waals surface area contributed by atoms with Gasteiger partial charge in [0.15, 0.2) is 0 Å². The Labute approximate surface area is 185 Å². The van der Waals surface area contributed by atoms with Crippen molar-refractivity contribution in [2.24, 2.45) is 5.92 Å². The average molecular weight is 476 g/mol. The lowest BCUT2D eigenvalue weighted by atomic mass is 9.88. The van der Waals surface area contributed by atoms with Crippen LogP contribution in [0.2, 0.25) is 0 Å². The topological polar surface area (TPSA) is 77.1 Å². The first-order valence-corrected chi connectivity index (χ1v) is 10.9. The van der Waals surface area contributed by atoms with Crippen molar-refractivity contribution < 1.29 is 23.8 Å². The fraction of sp³-hybridized carbons (Fsp3) is 0.824. The van der Waals surface area contributed by atoms with Crippen molar-refractivity contribution in [3.05, 3.63) is 0 Å². The van der Waals surface area contributed by atoms with Crippen molar-refractivity contribution in [2.75, 3.05) is 19.8 Å². The molecule has 1 saturated carbocycles. The van der Waals surface area contributed by atoms with Gasteiger partial charge < -0.3 is 24.4 Å². The van der Waals surface area contributed by atoms with Crippen LogP contribution >= 0.6 is 47.0 Å². The number of ether oxygens (including phenoxy) is 3. The first-order valence-electron chi connectivity index (χ1n) is 9.34. The second-order valence-corrected chi connectivity index (χ2v) is 9.61. The van der Waals surface area contributed by atoms with E-state index in [9.17, 15) is 9.59 Å². The van der Waals surface area contributed by atoms with E-state index < -0.39 is 16.6 Å². The summed E-state index contributed by atoms with van der Waals surface area (Å²) in [4.78, 5) is 25.6.